The first-order valence-corrected chi connectivity index (χ1v) is 14.0. The van der Waals surface area contributed by atoms with Crippen LogP contribution < -0.4 is 9.80 Å². The molecule has 3 aromatic rings. The molecule has 1 atom stereocenters. The largest absolute Gasteiger partial charge is 0.415 e. The maximum atomic E-state index is 13.4. The Labute approximate surface area is 227 Å². The molecular formula is C27H29F3IN5O. The topological polar surface area (TPSA) is 58.3 Å². The van der Waals surface area contributed by atoms with Crippen molar-refractivity contribution in [1.29, 1.82) is 0 Å². The summed E-state index contributed by atoms with van der Waals surface area (Å²) in [5.74, 6) is -0.135. The average molecular weight is 623 g/mol. The summed E-state index contributed by atoms with van der Waals surface area (Å²) in [5, 5.41) is 8.65. The van der Waals surface area contributed by atoms with Gasteiger partial charge in [-0.2, -0.15) is 13.2 Å². The van der Waals surface area contributed by atoms with E-state index in [9.17, 15) is 13.2 Å². The maximum Gasteiger partial charge on any atom is 0.393 e. The highest BCUT2D eigenvalue weighted by molar-refractivity contribution is 14.1. The Balaban J connectivity index is 1.27. The lowest BCUT2D eigenvalue weighted by Crippen LogP contribution is -2.42. The van der Waals surface area contributed by atoms with E-state index in [1.807, 2.05) is 31.2 Å². The molecule has 2 aliphatic heterocycles. The van der Waals surface area contributed by atoms with Gasteiger partial charge in [0, 0.05) is 29.7 Å². The van der Waals surface area contributed by atoms with Gasteiger partial charge in [-0.3, -0.25) is 0 Å². The zero-order chi connectivity index (χ0) is 25.8. The lowest BCUT2D eigenvalue weighted by molar-refractivity contribution is -0.176. The van der Waals surface area contributed by atoms with Crippen molar-refractivity contribution in [2.45, 2.75) is 51.6 Å². The summed E-state index contributed by atoms with van der Waals surface area (Å²) < 4.78 is 47.4. The number of benzene rings is 1. The van der Waals surface area contributed by atoms with Gasteiger partial charge in [0.25, 0.3) is 5.89 Å². The van der Waals surface area contributed by atoms with Crippen molar-refractivity contribution in [1.82, 2.24) is 15.2 Å². The molecule has 10 heteroatoms. The highest BCUT2D eigenvalue weighted by atomic mass is 127. The predicted octanol–water partition coefficient (Wildman–Crippen LogP) is 6.87. The van der Waals surface area contributed by atoms with Gasteiger partial charge in [-0.15, -0.1) is 10.2 Å². The van der Waals surface area contributed by atoms with Gasteiger partial charge in [-0.1, -0.05) is 0 Å². The molecule has 3 aliphatic rings. The van der Waals surface area contributed by atoms with Crippen LogP contribution in [0, 0.1) is 21.8 Å². The van der Waals surface area contributed by atoms with Gasteiger partial charge in [0.1, 0.15) is 11.5 Å². The summed E-state index contributed by atoms with van der Waals surface area (Å²) in [6.07, 6.45) is 1.57. The molecule has 4 heterocycles. The summed E-state index contributed by atoms with van der Waals surface area (Å²) in [7, 11) is 0. The summed E-state index contributed by atoms with van der Waals surface area (Å²) >= 11 is 2.33. The van der Waals surface area contributed by atoms with Crippen LogP contribution in [-0.4, -0.2) is 47.5 Å². The number of alkyl halides is 3. The minimum atomic E-state index is -4.20. The predicted molar refractivity (Wildman–Crippen MR) is 145 cm³/mol. The number of anilines is 2. The van der Waals surface area contributed by atoms with Gasteiger partial charge in [0.15, 0.2) is 0 Å². The fraction of sp³-hybridized carbons (Fsp3) is 0.519. The Morgan fingerprint density at radius 1 is 0.973 bits per heavy atom. The molecule has 1 unspecified atom stereocenters. The van der Waals surface area contributed by atoms with Crippen LogP contribution in [0.4, 0.5) is 24.7 Å². The van der Waals surface area contributed by atoms with Gasteiger partial charge in [-0.25, -0.2) is 4.98 Å². The monoisotopic (exact) mass is 623 g/mol. The van der Waals surface area contributed by atoms with Gasteiger partial charge in [-0.05, 0) is 109 Å². The van der Waals surface area contributed by atoms with Crippen LogP contribution in [0.1, 0.15) is 44.1 Å². The number of piperidine rings is 2. The summed E-state index contributed by atoms with van der Waals surface area (Å²) in [6.45, 7) is 4.40. The first-order valence-electron chi connectivity index (χ1n) is 12.9. The third-order valence-corrected chi connectivity index (χ3v) is 8.79. The molecular weight excluding hydrogens is 594 g/mol. The van der Waals surface area contributed by atoms with Crippen LogP contribution in [0.3, 0.4) is 0 Å². The molecule has 2 saturated heterocycles. The van der Waals surface area contributed by atoms with Crippen LogP contribution in [-0.2, 0) is 0 Å². The smallest absolute Gasteiger partial charge is 0.393 e. The normalized spacial score (nSPS) is 21.5. The first kappa shape index (κ1) is 24.9. The maximum absolute atomic E-state index is 13.4. The van der Waals surface area contributed by atoms with Crippen LogP contribution >= 0.6 is 22.6 Å². The summed E-state index contributed by atoms with van der Waals surface area (Å²) in [5.41, 5.74) is 3.93. The number of hydrogen-bond acceptors (Lipinski definition) is 6. The molecule has 1 aliphatic carbocycles. The van der Waals surface area contributed by atoms with Crippen molar-refractivity contribution < 1.29 is 17.6 Å². The third-order valence-electron chi connectivity index (χ3n) is 8.12. The molecule has 1 aromatic carbocycles. The Morgan fingerprint density at radius 3 is 2.46 bits per heavy atom. The van der Waals surface area contributed by atoms with E-state index in [2.05, 4.69) is 48.7 Å². The lowest BCUT2D eigenvalue weighted by Gasteiger charge is -2.34. The number of hydrogen-bond donors (Lipinski definition) is 0. The van der Waals surface area contributed by atoms with Crippen molar-refractivity contribution in [3.63, 3.8) is 0 Å². The standard InChI is InChI=1S/C27H29F3IN5O/c1-17-13-21(32-23(14-17)36-10-2-3-18(16-36)27(28,29)30)25-34-33-24(37-25)20-5-4-19(31)15-22(20)35-11-8-26(6-7-26)9-12-35/h4-5,13-15,18H,2-3,6-12,16H2,1H3. The number of pyridine rings is 1. The van der Waals surface area contributed by atoms with Crippen molar-refractivity contribution in [3.8, 4) is 23.0 Å². The molecule has 1 saturated carbocycles. The highest BCUT2D eigenvalue weighted by Crippen LogP contribution is 2.54. The van der Waals surface area contributed by atoms with Crippen LogP contribution in [0.5, 0.6) is 0 Å². The average Bonchev–Trinajstić information content (AvgIpc) is 3.44. The van der Waals surface area contributed by atoms with E-state index in [1.165, 1.54) is 25.7 Å². The molecule has 1 spiro atoms. The van der Waals surface area contributed by atoms with Crippen LogP contribution in [0.2, 0.25) is 0 Å². The number of nitrogens with zero attached hydrogens (tertiary/aromatic N) is 5. The fourth-order valence-corrected chi connectivity index (χ4v) is 6.13. The molecule has 0 N–H and O–H groups in total. The SMILES string of the molecule is Cc1cc(-c2nnc(-c3ccc(I)cc3N3CCC4(CC3)CC4)o2)nc(N2CCCC(C(F)(F)F)C2)c1. The molecule has 0 amide bonds. The molecule has 6 nitrogen and oxygen atoms in total. The zero-order valence-electron chi connectivity index (χ0n) is 20.7. The molecule has 0 bridgehead atoms. The highest BCUT2D eigenvalue weighted by Gasteiger charge is 2.45. The first-order chi connectivity index (χ1) is 17.7. The minimum Gasteiger partial charge on any atom is -0.415 e. The minimum absolute atomic E-state index is 0.0857. The van der Waals surface area contributed by atoms with E-state index in [-0.39, 0.29) is 18.9 Å². The number of rotatable bonds is 4. The van der Waals surface area contributed by atoms with Crippen LogP contribution in [0.15, 0.2) is 34.7 Å². The van der Waals surface area contributed by atoms with Gasteiger partial charge in [0.05, 0.1) is 17.2 Å². The Hall–Kier alpha value is -2.37. The third kappa shape index (κ3) is 5.18. The van der Waals surface area contributed by atoms with E-state index < -0.39 is 12.1 Å². The van der Waals surface area contributed by atoms with Gasteiger partial charge >= 0.3 is 6.18 Å². The van der Waals surface area contributed by atoms with Crippen molar-refractivity contribution in [2.75, 3.05) is 36.0 Å². The number of aryl methyl sites for hydroxylation is 1. The molecule has 2 aromatic heterocycles. The zero-order valence-corrected chi connectivity index (χ0v) is 22.8. The molecule has 3 fully saturated rings. The second-order valence-electron chi connectivity index (χ2n) is 10.8. The molecule has 0 radical (unpaired) electrons. The lowest BCUT2D eigenvalue weighted by atomic mass is 9.93. The second kappa shape index (κ2) is 9.43. The van der Waals surface area contributed by atoms with E-state index in [0.29, 0.717) is 35.8 Å². The molecule has 6 rings (SSSR count). The van der Waals surface area contributed by atoms with E-state index in [4.69, 9.17) is 4.42 Å². The summed E-state index contributed by atoms with van der Waals surface area (Å²) in [6, 6.07) is 9.88. The summed E-state index contributed by atoms with van der Waals surface area (Å²) in [4.78, 5) is 8.79. The second-order valence-corrected chi connectivity index (χ2v) is 12.0. The van der Waals surface area contributed by atoms with Crippen molar-refractivity contribution in [3.05, 3.63) is 39.5 Å². The van der Waals surface area contributed by atoms with E-state index in [0.717, 1.165) is 33.5 Å². The van der Waals surface area contributed by atoms with Crippen LogP contribution in [0.25, 0.3) is 23.0 Å². The number of halogens is 4. The fourth-order valence-electron chi connectivity index (χ4n) is 5.65. The van der Waals surface area contributed by atoms with E-state index in [1.54, 1.807) is 4.90 Å². The van der Waals surface area contributed by atoms with Gasteiger partial charge in [0.2, 0.25) is 5.89 Å². The number of aromatic nitrogens is 3. The Morgan fingerprint density at radius 2 is 1.73 bits per heavy atom. The quantitative estimate of drug-likeness (QED) is 0.296. The molecule has 196 valence electrons. The van der Waals surface area contributed by atoms with Gasteiger partial charge < -0.3 is 14.2 Å². The van der Waals surface area contributed by atoms with E-state index >= 15 is 0 Å². The Kier molecular flexibility index (Phi) is 6.35. The van der Waals surface area contributed by atoms with Crippen molar-refractivity contribution in [2.24, 2.45) is 11.3 Å². The Bertz CT molecular complexity index is 1300. The molecule has 37 heavy (non-hydrogen) atoms. The van der Waals surface area contributed by atoms with Crippen molar-refractivity contribution >= 4 is 34.1 Å².